The highest BCUT2D eigenvalue weighted by Crippen LogP contribution is 2.34. The number of pyridine rings is 1. The van der Waals surface area contributed by atoms with Gasteiger partial charge in [0, 0.05) is 36.1 Å². The van der Waals surface area contributed by atoms with Gasteiger partial charge < -0.3 is 19.2 Å². The van der Waals surface area contributed by atoms with E-state index in [1.54, 1.807) is 33.3 Å². The third-order valence-electron chi connectivity index (χ3n) is 4.43. The number of hydrogen-bond donors (Lipinski definition) is 1. The van der Waals surface area contributed by atoms with Crippen molar-refractivity contribution in [2.24, 2.45) is 0 Å². The standard InChI is InChI=1S/C21H18N2O4/c1-12-20(21(24)22-2)16-7-5-14(11-19(16)26-12)27-18-8-9-23-17-10-13(25-3)4-6-15(17)18/h4-11H,1-3H3,(H,22,24). The van der Waals surface area contributed by atoms with Crippen LogP contribution in [0.2, 0.25) is 0 Å². The topological polar surface area (TPSA) is 73.6 Å². The van der Waals surface area contributed by atoms with Crippen LogP contribution in [-0.4, -0.2) is 25.0 Å². The van der Waals surface area contributed by atoms with Crippen LogP contribution in [0.3, 0.4) is 0 Å². The first-order valence-electron chi connectivity index (χ1n) is 8.46. The normalized spacial score (nSPS) is 10.9. The molecule has 0 spiro atoms. The van der Waals surface area contributed by atoms with Crippen LogP contribution in [0.25, 0.3) is 21.9 Å². The van der Waals surface area contributed by atoms with E-state index in [-0.39, 0.29) is 5.91 Å². The molecule has 27 heavy (non-hydrogen) atoms. The zero-order valence-electron chi connectivity index (χ0n) is 15.2. The molecule has 4 rings (SSSR count). The van der Waals surface area contributed by atoms with Crippen molar-refractivity contribution in [3.8, 4) is 17.2 Å². The number of carbonyl (C=O) groups is 1. The first-order chi connectivity index (χ1) is 13.1. The zero-order chi connectivity index (χ0) is 19.0. The summed E-state index contributed by atoms with van der Waals surface area (Å²) in [7, 11) is 3.22. The maximum Gasteiger partial charge on any atom is 0.255 e. The van der Waals surface area contributed by atoms with E-state index in [0.29, 0.717) is 28.4 Å². The molecule has 0 aliphatic heterocycles. The lowest BCUT2D eigenvalue weighted by Crippen LogP contribution is -2.18. The summed E-state index contributed by atoms with van der Waals surface area (Å²) in [6.07, 6.45) is 1.69. The van der Waals surface area contributed by atoms with Crippen molar-refractivity contribution in [3.63, 3.8) is 0 Å². The van der Waals surface area contributed by atoms with Gasteiger partial charge >= 0.3 is 0 Å². The maximum atomic E-state index is 12.1. The maximum absolute atomic E-state index is 12.1. The molecule has 1 N–H and O–H groups in total. The van der Waals surface area contributed by atoms with Gasteiger partial charge in [-0.05, 0) is 37.3 Å². The number of carbonyl (C=O) groups excluding carboxylic acids is 1. The van der Waals surface area contributed by atoms with Crippen molar-refractivity contribution in [2.45, 2.75) is 6.92 Å². The predicted octanol–water partition coefficient (Wildman–Crippen LogP) is 4.45. The van der Waals surface area contributed by atoms with E-state index in [2.05, 4.69) is 10.3 Å². The van der Waals surface area contributed by atoms with Crippen molar-refractivity contribution >= 4 is 27.8 Å². The number of nitrogens with zero attached hydrogens (tertiary/aromatic N) is 1. The van der Waals surface area contributed by atoms with Gasteiger partial charge in [0.2, 0.25) is 0 Å². The number of aromatic nitrogens is 1. The van der Waals surface area contributed by atoms with E-state index >= 15 is 0 Å². The molecule has 136 valence electrons. The summed E-state index contributed by atoms with van der Waals surface area (Å²) in [5.41, 5.74) is 1.92. The van der Waals surface area contributed by atoms with E-state index in [1.165, 1.54) is 0 Å². The number of benzene rings is 2. The molecule has 0 fully saturated rings. The first-order valence-corrected chi connectivity index (χ1v) is 8.46. The zero-order valence-corrected chi connectivity index (χ0v) is 15.2. The quantitative estimate of drug-likeness (QED) is 0.581. The molecule has 0 aliphatic rings. The fraction of sp³-hybridized carbons (Fsp3) is 0.143. The highest BCUT2D eigenvalue weighted by molar-refractivity contribution is 6.07. The molecule has 1 amide bonds. The van der Waals surface area contributed by atoms with Gasteiger partial charge in [0.15, 0.2) is 0 Å². The fourth-order valence-electron chi connectivity index (χ4n) is 3.11. The SMILES string of the molecule is CNC(=O)c1c(C)oc2cc(Oc3ccnc4cc(OC)ccc34)ccc12. The van der Waals surface area contributed by atoms with E-state index in [9.17, 15) is 4.79 Å². The average molecular weight is 362 g/mol. The Labute approximate surface area is 155 Å². The van der Waals surface area contributed by atoms with Crippen molar-refractivity contribution in [3.05, 3.63) is 60.0 Å². The third kappa shape index (κ3) is 2.95. The molecule has 0 aliphatic carbocycles. The molecule has 0 atom stereocenters. The van der Waals surface area contributed by atoms with Crippen LogP contribution < -0.4 is 14.8 Å². The summed E-state index contributed by atoms with van der Waals surface area (Å²) in [6.45, 7) is 1.77. The fourth-order valence-corrected chi connectivity index (χ4v) is 3.11. The molecule has 2 aromatic carbocycles. The molecule has 2 heterocycles. The molecule has 0 bridgehead atoms. The number of furan rings is 1. The second kappa shape index (κ2) is 6.64. The van der Waals surface area contributed by atoms with Gasteiger partial charge in [-0.25, -0.2) is 0 Å². The van der Waals surface area contributed by atoms with E-state index < -0.39 is 0 Å². The average Bonchev–Trinajstić information content (AvgIpc) is 3.02. The molecule has 2 aromatic heterocycles. The number of ether oxygens (including phenoxy) is 2. The monoisotopic (exact) mass is 362 g/mol. The Morgan fingerprint density at radius 1 is 1.07 bits per heavy atom. The van der Waals surface area contributed by atoms with E-state index in [1.807, 2.05) is 36.4 Å². The Morgan fingerprint density at radius 3 is 2.63 bits per heavy atom. The number of aryl methyl sites for hydroxylation is 1. The Hall–Kier alpha value is -3.54. The van der Waals surface area contributed by atoms with Gasteiger partial charge in [-0.2, -0.15) is 0 Å². The van der Waals surface area contributed by atoms with Crippen molar-refractivity contribution in [1.29, 1.82) is 0 Å². The summed E-state index contributed by atoms with van der Waals surface area (Å²) in [6, 6.07) is 12.9. The lowest BCUT2D eigenvalue weighted by atomic mass is 10.1. The minimum absolute atomic E-state index is 0.172. The predicted molar refractivity (Wildman–Crippen MR) is 103 cm³/mol. The number of nitrogens with one attached hydrogen (secondary N) is 1. The highest BCUT2D eigenvalue weighted by Gasteiger charge is 2.17. The molecular formula is C21H18N2O4. The number of fused-ring (bicyclic) bond motifs is 2. The Morgan fingerprint density at radius 2 is 1.85 bits per heavy atom. The van der Waals surface area contributed by atoms with Crippen molar-refractivity contribution < 1.29 is 18.7 Å². The lowest BCUT2D eigenvalue weighted by molar-refractivity contribution is 0.0963. The van der Waals surface area contributed by atoms with Gasteiger partial charge in [-0.15, -0.1) is 0 Å². The van der Waals surface area contributed by atoms with Crippen molar-refractivity contribution in [2.75, 3.05) is 14.2 Å². The second-order valence-corrected chi connectivity index (χ2v) is 6.06. The van der Waals surface area contributed by atoms with Crippen LogP contribution >= 0.6 is 0 Å². The van der Waals surface area contributed by atoms with Gasteiger partial charge in [0.25, 0.3) is 5.91 Å². The van der Waals surface area contributed by atoms with Crippen LogP contribution in [0.4, 0.5) is 0 Å². The van der Waals surface area contributed by atoms with Crippen LogP contribution in [-0.2, 0) is 0 Å². The summed E-state index contributed by atoms with van der Waals surface area (Å²) in [5, 5.41) is 4.27. The summed E-state index contributed by atoms with van der Waals surface area (Å²) in [5.74, 6) is 2.43. The number of rotatable bonds is 4. The molecular weight excluding hydrogens is 344 g/mol. The van der Waals surface area contributed by atoms with E-state index in [4.69, 9.17) is 13.9 Å². The number of methoxy groups -OCH3 is 1. The molecule has 6 heteroatoms. The molecule has 0 radical (unpaired) electrons. The van der Waals surface area contributed by atoms with Gasteiger partial charge in [0.1, 0.15) is 28.6 Å². The summed E-state index contributed by atoms with van der Waals surface area (Å²) < 4.78 is 17.1. The Kier molecular flexibility index (Phi) is 4.16. The van der Waals surface area contributed by atoms with Crippen LogP contribution in [0.5, 0.6) is 17.2 Å². The van der Waals surface area contributed by atoms with Crippen LogP contribution in [0, 0.1) is 6.92 Å². The van der Waals surface area contributed by atoms with Crippen LogP contribution in [0.1, 0.15) is 16.1 Å². The molecule has 0 saturated carbocycles. The van der Waals surface area contributed by atoms with Gasteiger partial charge in [0.05, 0.1) is 18.2 Å². The molecule has 6 nitrogen and oxygen atoms in total. The second-order valence-electron chi connectivity index (χ2n) is 6.06. The largest absolute Gasteiger partial charge is 0.497 e. The van der Waals surface area contributed by atoms with Crippen LogP contribution in [0.15, 0.2) is 53.1 Å². The molecule has 0 unspecified atom stereocenters. The highest BCUT2D eigenvalue weighted by atomic mass is 16.5. The first kappa shape index (κ1) is 16.9. The summed E-state index contributed by atoms with van der Waals surface area (Å²) >= 11 is 0. The van der Waals surface area contributed by atoms with Gasteiger partial charge in [-0.3, -0.25) is 9.78 Å². The molecule has 4 aromatic rings. The Bertz CT molecular complexity index is 1160. The Balaban J connectivity index is 1.74. The smallest absolute Gasteiger partial charge is 0.255 e. The summed E-state index contributed by atoms with van der Waals surface area (Å²) in [4.78, 5) is 16.4. The lowest BCUT2D eigenvalue weighted by Gasteiger charge is -2.09. The molecule has 0 saturated heterocycles. The number of amides is 1. The minimum Gasteiger partial charge on any atom is -0.497 e. The minimum atomic E-state index is -0.172. The van der Waals surface area contributed by atoms with Crippen molar-refractivity contribution in [1.82, 2.24) is 10.3 Å². The number of hydrogen-bond acceptors (Lipinski definition) is 5. The third-order valence-corrected chi connectivity index (χ3v) is 4.43. The van der Waals surface area contributed by atoms with Gasteiger partial charge in [-0.1, -0.05) is 0 Å². The van der Waals surface area contributed by atoms with E-state index in [0.717, 1.165) is 22.0 Å².